The van der Waals surface area contributed by atoms with Gasteiger partial charge < -0.3 is 20.3 Å². The third-order valence-electron chi connectivity index (χ3n) is 21.1. The van der Waals surface area contributed by atoms with Gasteiger partial charge in [-0.1, -0.05) is 463 Å². The molecule has 0 aliphatic heterocycles. The molecule has 3 N–H and O–H groups in total. The number of hydrogen-bond acceptors (Lipinski definition) is 5. The van der Waals surface area contributed by atoms with Crippen molar-refractivity contribution in [1.82, 2.24) is 5.32 Å². The first kappa shape index (κ1) is 92.6. The molecule has 0 heterocycles. The van der Waals surface area contributed by atoms with Crippen LogP contribution in [0.3, 0.4) is 0 Å². The van der Waals surface area contributed by atoms with Crippen LogP contribution in [-0.4, -0.2) is 47.4 Å². The van der Waals surface area contributed by atoms with Crippen LogP contribution in [0.1, 0.15) is 515 Å². The summed E-state index contributed by atoms with van der Waals surface area (Å²) >= 11 is 0. The van der Waals surface area contributed by atoms with Gasteiger partial charge in [-0.15, -0.1) is 0 Å². The Morgan fingerprint density at radius 1 is 0.287 bits per heavy atom. The maximum absolute atomic E-state index is 12.6. The molecular weight excluding hydrogens is 1150 g/mol. The minimum atomic E-state index is -0.662. The topological polar surface area (TPSA) is 95.9 Å². The first-order valence-corrected chi connectivity index (χ1v) is 43.9. The Kier molecular flexibility index (Phi) is 82.8. The third kappa shape index (κ3) is 79.6. The van der Waals surface area contributed by atoms with Gasteiger partial charge in [-0.2, -0.15) is 0 Å². The van der Waals surface area contributed by atoms with Gasteiger partial charge in [-0.3, -0.25) is 9.59 Å². The summed E-state index contributed by atoms with van der Waals surface area (Å²) in [6, 6.07) is -0.539. The fourth-order valence-corrected chi connectivity index (χ4v) is 14.4. The predicted octanol–water partition coefficient (Wildman–Crippen LogP) is 29.4. The molecule has 0 saturated heterocycles. The van der Waals surface area contributed by atoms with Gasteiger partial charge in [0.1, 0.15) is 0 Å². The molecule has 560 valence electrons. The van der Waals surface area contributed by atoms with Crippen molar-refractivity contribution < 1.29 is 24.5 Å². The number of esters is 1. The van der Waals surface area contributed by atoms with Crippen LogP contribution < -0.4 is 5.32 Å². The molecule has 6 nitrogen and oxygen atoms in total. The Balaban J connectivity index is 3.31. The molecule has 1 amide bonds. The SMILES string of the molecule is CCCCCCCCCCCCCCCCCCCCCCCCC(O)C(CO)NC(=O)CCCCCCCCCCCCCCCCCCC/C=C\CCCCCCCCCCCCCCCCCCCCOC(=O)CCCCCCCCCCCCCCCCCC. The summed E-state index contributed by atoms with van der Waals surface area (Å²) in [4.78, 5) is 24.7. The number of rotatable bonds is 84. The van der Waals surface area contributed by atoms with Crippen molar-refractivity contribution in [2.75, 3.05) is 13.2 Å². The number of aliphatic hydroxyl groups excluding tert-OH is 2. The van der Waals surface area contributed by atoms with Crippen LogP contribution >= 0.6 is 0 Å². The van der Waals surface area contributed by atoms with E-state index in [0.29, 0.717) is 25.9 Å². The molecule has 0 aromatic heterocycles. The van der Waals surface area contributed by atoms with Gasteiger partial charge in [0, 0.05) is 12.8 Å². The minimum absolute atomic E-state index is 0.0243. The molecule has 94 heavy (non-hydrogen) atoms. The zero-order valence-corrected chi connectivity index (χ0v) is 64.5. The highest BCUT2D eigenvalue weighted by atomic mass is 16.5. The monoisotopic (exact) mass is 1320 g/mol. The zero-order valence-electron chi connectivity index (χ0n) is 64.5. The fraction of sp³-hybridized carbons (Fsp3) is 0.955. The van der Waals surface area contributed by atoms with Crippen molar-refractivity contribution in [3.63, 3.8) is 0 Å². The van der Waals surface area contributed by atoms with Crippen LogP contribution in [0.2, 0.25) is 0 Å². The van der Waals surface area contributed by atoms with Crippen molar-refractivity contribution >= 4 is 11.9 Å². The number of unbranched alkanes of at least 4 members (excludes halogenated alkanes) is 71. The van der Waals surface area contributed by atoms with Gasteiger partial charge in [-0.05, 0) is 51.4 Å². The molecule has 2 atom stereocenters. The summed E-state index contributed by atoms with van der Waals surface area (Å²) in [5, 5.41) is 23.5. The molecule has 0 fully saturated rings. The second-order valence-corrected chi connectivity index (χ2v) is 30.6. The Morgan fingerprint density at radius 2 is 0.500 bits per heavy atom. The summed E-state index contributed by atoms with van der Waals surface area (Å²) in [6.07, 6.45) is 108. The molecule has 6 heteroatoms. The van der Waals surface area contributed by atoms with Crippen LogP contribution in [0.15, 0.2) is 12.2 Å². The average Bonchev–Trinajstić information content (AvgIpc) is 3.68. The number of amides is 1. The predicted molar refractivity (Wildman–Crippen MR) is 417 cm³/mol. The number of nitrogens with one attached hydrogen (secondary N) is 1. The molecule has 0 spiro atoms. The second kappa shape index (κ2) is 84.0. The van der Waals surface area contributed by atoms with Gasteiger partial charge in [-0.25, -0.2) is 0 Å². The van der Waals surface area contributed by atoms with Crippen LogP contribution in [-0.2, 0) is 14.3 Å². The lowest BCUT2D eigenvalue weighted by molar-refractivity contribution is -0.143. The van der Waals surface area contributed by atoms with E-state index in [4.69, 9.17) is 4.74 Å². The van der Waals surface area contributed by atoms with E-state index in [9.17, 15) is 19.8 Å². The highest BCUT2D eigenvalue weighted by Gasteiger charge is 2.20. The lowest BCUT2D eigenvalue weighted by Crippen LogP contribution is -2.45. The number of hydrogen-bond donors (Lipinski definition) is 3. The Morgan fingerprint density at radius 3 is 0.755 bits per heavy atom. The molecular formula is C88H173NO5. The van der Waals surface area contributed by atoms with Crippen molar-refractivity contribution in [3.05, 3.63) is 12.2 Å². The van der Waals surface area contributed by atoms with E-state index in [1.165, 1.54) is 443 Å². The molecule has 0 aliphatic carbocycles. The number of allylic oxidation sites excluding steroid dienone is 2. The summed E-state index contributed by atoms with van der Waals surface area (Å²) in [6.45, 7) is 5.03. The van der Waals surface area contributed by atoms with E-state index in [1.807, 2.05) is 0 Å². The third-order valence-corrected chi connectivity index (χ3v) is 21.1. The zero-order chi connectivity index (χ0) is 67.7. The van der Waals surface area contributed by atoms with E-state index in [2.05, 4.69) is 31.3 Å². The molecule has 0 rings (SSSR count). The summed E-state index contributed by atoms with van der Waals surface area (Å²) in [7, 11) is 0. The van der Waals surface area contributed by atoms with Crippen LogP contribution in [0.5, 0.6) is 0 Å². The number of aliphatic hydroxyl groups is 2. The first-order valence-electron chi connectivity index (χ1n) is 43.9. The van der Waals surface area contributed by atoms with Gasteiger partial charge in [0.25, 0.3) is 0 Å². The van der Waals surface area contributed by atoms with Gasteiger partial charge in [0.15, 0.2) is 0 Å². The highest BCUT2D eigenvalue weighted by molar-refractivity contribution is 5.76. The number of carbonyl (C=O) groups excluding carboxylic acids is 2. The van der Waals surface area contributed by atoms with Gasteiger partial charge in [0.05, 0.1) is 25.4 Å². The highest BCUT2D eigenvalue weighted by Crippen LogP contribution is 2.21. The van der Waals surface area contributed by atoms with E-state index in [1.54, 1.807) is 0 Å². The average molecular weight is 1330 g/mol. The summed E-state index contributed by atoms with van der Waals surface area (Å²) in [5.41, 5.74) is 0. The molecule has 2 unspecified atom stereocenters. The maximum atomic E-state index is 12.6. The lowest BCUT2D eigenvalue weighted by atomic mass is 10.0. The first-order chi connectivity index (χ1) is 46.5. The van der Waals surface area contributed by atoms with E-state index >= 15 is 0 Å². The standard InChI is InChI=1S/C88H173NO5/c1-3-5-7-9-11-13-15-17-19-21-22-23-43-46-49-52-56-60-64-68-72-76-80-86(91)85(84-90)89-87(92)81-77-73-69-65-61-57-53-50-47-44-41-39-37-35-33-31-29-27-25-24-26-28-30-32-34-36-38-40-42-45-48-51-55-59-63-67-71-75-79-83-94-88(93)82-78-74-70-66-62-58-54-20-18-16-14-12-10-8-6-4-2/h24-25,85-86,90-91H,3-23,26-84H2,1-2H3,(H,89,92)/b25-24-. The molecule has 0 radical (unpaired) electrons. The van der Waals surface area contributed by atoms with Crippen LogP contribution in [0.25, 0.3) is 0 Å². The molecule has 0 aromatic rings. The van der Waals surface area contributed by atoms with E-state index in [-0.39, 0.29) is 18.5 Å². The normalized spacial score (nSPS) is 12.4. The quantitative estimate of drug-likeness (QED) is 0.0320. The summed E-state index contributed by atoms with van der Waals surface area (Å²) in [5.74, 6) is 0.00314. The van der Waals surface area contributed by atoms with Crippen LogP contribution in [0.4, 0.5) is 0 Å². The second-order valence-electron chi connectivity index (χ2n) is 30.6. The van der Waals surface area contributed by atoms with Gasteiger partial charge in [0.2, 0.25) is 5.91 Å². The van der Waals surface area contributed by atoms with Crippen molar-refractivity contribution in [1.29, 1.82) is 0 Å². The largest absolute Gasteiger partial charge is 0.466 e. The summed E-state index contributed by atoms with van der Waals surface area (Å²) < 4.78 is 5.52. The molecule has 0 saturated carbocycles. The van der Waals surface area contributed by atoms with Crippen molar-refractivity contribution in [2.24, 2.45) is 0 Å². The van der Waals surface area contributed by atoms with Crippen molar-refractivity contribution in [2.45, 2.75) is 527 Å². The fourth-order valence-electron chi connectivity index (χ4n) is 14.4. The minimum Gasteiger partial charge on any atom is -0.466 e. The molecule has 0 aromatic carbocycles. The number of ether oxygens (including phenoxy) is 1. The van der Waals surface area contributed by atoms with Gasteiger partial charge >= 0.3 is 5.97 Å². The number of carbonyl (C=O) groups is 2. The molecule has 0 aliphatic rings. The van der Waals surface area contributed by atoms with Crippen LogP contribution in [0, 0.1) is 0 Å². The van der Waals surface area contributed by atoms with E-state index in [0.717, 1.165) is 38.5 Å². The Hall–Kier alpha value is -1.40. The Bertz CT molecular complexity index is 1430. The Labute approximate surface area is 590 Å². The van der Waals surface area contributed by atoms with E-state index < -0.39 is 12.1 Å². The lowest BCUT2D eigenvalue weighted by Gasteiger charge is -2.22. The van der Waals surface area contributed by atoms with Crippen molar-refractivity contribution in [3.8, 4) is 0 Å². The smallest absolute Gasteiger partial charge is 0.305 e. The molecule has 0 bridgehead atoms. The maximum Gasteiger partial charge on any atom is 0.305 e.